The summed E-state index contributed by atoms with van der Waals surface area (Å²) >= 11 is 0. The first kappa shape index (κ1) is 14.0. The van der Waals surface area contributed by atoms with E-state index in [-0.39, 0.29) is 5.69 Å². The van der Waals surface area contributed by atoms with Gasteiger partial charge < -0.3 is 0 Å². The smallest absolute Gasteiger partial charge is 0.284 e. The van der Waals surface area contributed by atoms with E-state index < -0.39 is 36.1 Å². The van der Waals surface area contributed by atoms with Crippen LogP contribution in [0.4, 0.5) is 18.9 Å². The fourth-order valence-corrected chi connectivity index (χ4v) is 2.79. The van der Waals surface area contributed by atoms with Crippen LogP contribution in [-0.2, 0) is 14.4 Å². The minimum absolute atomic E-state index is 0.245. The fourth-order valence-electron chi connectivity index (χ4n) is 2.79. The molecule has 2 aliphatic heterocycles. The van der Waals surface area contributed by atoms with Gasteiger partial charge in [-0.15, -0.1) is 0 Å². The molecule has 0 radical (unpaired) electrons. The molecule has 21 heavy (non-hydrogen) atoms. The third-order valence-corrected chi connectivity index (χ3v) is 3.66. The van der Waals surface area contributed by atoms with Gasteiger partial charge in [0.15, 0.2) is 6.10 Å². The highest BCUT2D eigenvalue weighted by molar-refractivity contribution is 6.23. The number of hydrogen-bond acceptors (Lipinski definition) is 4. The first-order valence-electron chi connectivity index (χ1n) is 6.21. The lowest BCUT2D eigenvalue weighted by atomic mass is 9.96. The molecule has 0 aliphatic carbocycles. The summed E-state index contributed by atoms with van der Waals surface area (Å²) in [5.41, 5.74) is 0.245. The topological polar surface area (TPSA) is 49.9 Å². The van der Waals surface area contributed by atoms with Crippen molar-refractivity contribution < 1.29 is 27.6 Å². The third-order valence-electron chi connectivity index (χ3n) is 3.66. The largest absolute Gasteiger partial charge is 0.407 e. The number of hydroxylamine groups is 2. The summed E-state index contributed by atoms with van der Waals surface area (Å²) in [4.78, 5) is 30.2. The van der Waals surface area contributed by atoms with Crippen LogP contribution in [0.2, 0.25) is 0 Å². The van der Waals surface area contributed by atoms with Crippen LogP contribution in [0, 0.1) is 5.92 Å². The standard InChI is InChI=1S/C13H11F3N2O3/c1-17-10(13(14,15)16)8-9(21-17)12(20)18(11(8)19)7-5-3-2-4-6-7/h2-6,8-10H,1H3/t8-,9-,10+/m0/s1. The van der Waals surface area contributed by atoms with Crippen LogP contribution in [-0.4, -0.2) is 42.2 Å². The zero-order valence-electron chi connectivity index (χ0n) is 10.9. The maximum absolute atomic E-state index is 13.1. The number of carbonyl (C=O) groups excluding carboxylic acids is 2. The summed E-state index contributed by atoms with van der Waals surface area (Å²) < 4.78 is 39.2. The molecule has 2 heterocycles. The van der Waals surface area contributed by atoms with Gasteiger partial charge in [0.25, 0.3) is 5.91 Å². The van der Waals surface area contributed by atoms with E-state index in [1.807, 2.05) is 0 Å². The van der Waals surface area contributed by atoms with Gasteiger partial charge in [-0.3, -0.25) is 14.4 Å². The highest BCUT2D eigenvalue weighted by Gasteiger charge is 2.66. The second kappa shape index (κ2) is 4.54. The molecule has 0 bridgehead atoms. The Morgan fingerprint density at radius 1 is 1.10 bits per heavy atom. The van der Waals surface area contributed by atoms with Crippen LogP contribution in [0.15, 0.2) is 30.3 Å². The number of benzene rings is 1. The van der Waals surface area contributed by atoms with E-state index in [1.54, 1.807) is 18.2 Å². The number of anilines is 1. The predicted octanol–water partition coefficient (Wildman–Crippen LogP) is 1.35. The molecule has 112 valence electrons. The number of hydrogen-bond donors (Lipinski definition) is 0. The lowest BCUT2D eigenvalue weighted by Gasteiger charge is -2.25. The second-order valence-electron chi connectivity index (χ2n) is 4.93. The fraction of sp³-hybridized carbons (Fsp3) is 0.385. The minimum atomic E-state index is -4.66. The van der Waals surface area contributed by atoms with Gasteiger partial charge in [-0.1, -0.05) is 18.2 Å². The number of imide groups is 1. The summed E-state index contributed by atoms with van der Waals surface area (Å²) in [6.45, 7) is 0. The average Bonchev–Trinajstić information content (AvgIpc) is 2.87. The third kappa shape index (κ3) is 2.02. The van der Waals surface area contributed by atoms with Crippen LogP contribution in [0.25, 0.3) is 0 Å². The second-order valence-corrected chi connectivity index (χ2v) is 4.93. The molecular weight excluding hydrogens is 289 g/mol. The number of halogens is 3. The average molecular weight is 300 g/mol. The number of amides is 2. The Balaban J connectivity index is 1.99. The van der Waals surface area contributed by atoms with Gasteiger partial charge in [-0.05, 0) is 12.1 Å². The maximum Gasteiger partial charge on any atom is 0.407 e. The van der Waals surface area contributed by atoms with Gasteiger partial charge in [0.2, 0.25) is 5.91 Å². The van der Waals surface area contributed by atoms with Crippen molar-refractivity contribution in [2.75, 3.05) is 11.9 Å². The molecule has 1 aromatic rings. The summed E-state index contributed by atoms with van der Waals surface area (Å²) in [5.74, 6) is -3.22. The van der Waals surface area contributed by atoms with Crippen molar-refractivity contribution in [1.29, 1.82) is 0 Å². The van der Waals surface area contributed by atoms with E-state index in [4.69, 9.17) is 4.84 Å². The highest BCUT2D eigenvalue weighted by atomic mass is 19.4. The van der Waals surface area contributed by atoms with E-state index in [9.17, 15) is 22.8 Å². The SMILES string of the molecule is CN1O[C@@H]2C(=O)N(c3ccccc3)C(=O)[C@@H]2[C@@H]1C(F)(F)F. The molecule has 0 unspecified atom stereocenters. The Kier molecular flexibility index (Phi) is 3.03. The summed E-state index contributed by atoms with van der Waals surface area (Å²) in [5, 5.41) is 0.549. The molecule has 8 heteroatoms. The normalized spacial score (nSPS) is 30.1. The summed E-state index contributed by atoms with van der Waals surface area (Å²) in [6, 6.07) is 5.73. The molecule has 0 saturated carbocycles. The molecule has 3 atom stereocenters. The van der Waals surface area contributed by atoms with E-state index in [0.29, 0.717) is 5.06 Å². The summed E-state index contributed by atoms with van der Waals surface area (Å²) in [7, 11) is 1.07. The van der Waals surface area contributed by atoms with Gasteiger partial charge >= 0.3 is 6.18 Å². The number of rotatable bonds is 1. The molecule has 0 N–H and O–H groups in total. The van der Waals surface area contributed by atoms with Crippen molar-refractivity contribution in [3.63, 3.8) is 0 Å². The first-order valence-corrected chi connectivity index (χ1v) is 6.21. The molecule has 0 aromatic heterocycles. The van der Waals surface area contributed by atoms with E-state index in [2.05, 4.69) is 0 Å². The lowest BCUT2D eigenvalue weighted by Crippen LogP contribution is -2.46. The molecule has 5 nitrogen and oxygen atoms in total. The Morgan fingerprint density at radius 3 is 2.29 bits per heavy atom. The minimum Gasteiger partial charge on any atom is -0.284 e. The van der Waals surface area contributed by atoms with Crippen LogP contribution < -0.4 is 4.90 Å². The Morgan fingerprint density at radius 2 is 1.71 bits per heavy atom. The zero-order valence-corrected chi connectivity index (χ0v) is 10.9. The lowest BCUT2D eigenvalue weighted by molar-refractivity contribution is -0.234. The van der Waals surface area contributed by atoms with Crippen molar-refractivity contribution in [2.45, 2.75) is 18.3 Å². The van der Waals surface area contributed by atoms with Crippen LogP contribution in [0.5, 0.6) is 0 Å². The van der Waals surface area contributed by atoms with Crippen molar-refractivity contribution in [3.05, 3.63) is 30.3 Å². The van der Waals surface area contributed by atoms with E-state index >= 15 is 0 Å². The number of fused-ring (bicyclic) bond motifs is 1. The quantitative estimate of drug-likeness (QED) is 0.735. The molecular formula is C13H11F3N2O3. The number of carbonyl (C=O) groups is 2. The maximum atomic E-state index is 13.1. The molecule has 2 amide bonds. The van der Waals surface area contributed by atoms with Gasteiger partial charge in [0.05, 0.1) is 5.69 Å². The van der Waals surface area contributed by atoms with Gasteiger partial charge in [-0.2, -0.15) is 18.2 Å². The monoisotopic (exact) mass is 300 g/mol. The van der Waals surface area contributed by atoms with Crippen molar-refractivity contribution in [3.8, 4) is 0 Å². The van der Waals surface area contributed by atoms with Crippen molar-refractivity contribution >= 4 is 17.5 Å². The van der Waals surface area contributed by atoms with Gasteiger partial charge in [0, 0.05) is 7.05 Å². The molecule has 3 rings (SSSR count). The van der Waals surface area contributed by atoms with E-state index in [1.165, 1.54) is 12.1 Å². The Hall–Kier alpha value is -1.93. The van der Waals surface area contributed by atoms with Crippen LogP contribution in [0.1, 0.15) is 0 Å². The molecule has 2 fully saturated rings. The van der Waals surface area contributed by atoms with Gasteiger partial charge in [-0.25, -0.2) is 4.90 Å². The zero-order chi connectivity index (χ0) is 15.4. The van der Waals surface area contributed by atoms with Crippen LogP contribution >= 0.6 is 0 Å². The molecule has 0 spiro atoms. The first-order chi connectivity index (χ1) is 9.82. The highest BCUT2D eigenvalue weighted by Crippen LogP contribution is 2.43. The van der Waals surface area contributed by atoms with Crippen LogP contribution in [0.3, 0.4) is 0 Å². The Bertz CT molecular complexity index is 590. The Labute approximate surface area is 117 Å². The van der Waals surface area contributed by atoms with Crippen molar-refractivity contribution in [2.24, 2.45) is 5.92 Å². The molecule has 2 saturated heterocycles. The molecule has 2 aliphatic rings. The number of alkyl halides is 3. The predicted molar refractivity (Wildman–Crippen MR) is 64.9 cm³/mol. The van der Waals surface area contributed by atoms with E-state index in [0.717, 1.165) is 11.9 Å². The summed E-state index contributed by atoms with van der Waals surface area (Å²) in [6.07, 6.45) is -6.08. The number of nitrogens with zero attached hydrogens (tertiary/aromatic N) is 2. The van der Waals surface area contributed by atoms with Crippen molar-refractivity contribution in [1.82, 2.24) is 5.06 Å². The molecule has 1 aromatic carbocycles. The number of para-hydroxylation sites is 1. The van der Waals surface area contributed by atoms with Gasteiger partial charge in [0.1, 0.15) is 12.0 Å².